The maximum absolute atomic E-state index is 9.35. The lowest BCUT2D eigenvalue weighted by molar-refractivity contribution is 0.413. The van der Waals surface area contributed by atoms with E-state index in [1.165, 1.54) is 18.5 Å². The van der Waals surface area contributed by atoms with Crippen molar-refractivity contribution in [2.24, 2.45) is 0 Å². The van der Waals surface area contributed by atoms with Crippen molar-refractivity contribution in [3.8, 4) is 23.1 Å². The van der Waals surface area contributed by atoms with Crippen LogP contribution >= 0.6 is 0 Å². The molecule has 1 aliphatic rings. The molecule has 0 atom stereocenters. The number of anilines is 1. The number of ether oxygens (including phenoxy) is 1. The zero-order chi connectivity index (χ0) is 17.4. The van der Waals surface area contributed by atoms with Gasteiger partial charge in [-0.25, -0.2) is 4.98 Å². The number of hydrogen-bond donors (Lipinski definition) is 0. The van der Waals surface area contributed by atoms with E-state index in [-0.39, 0.29) is 0 Å². The van der Waals surface area contributed by atoms with E-state index < -0.39 is 0 Å². The number of imidazole rings is 1. The van der Waals surface area contributed by atoms with Crippen LogP contribution in [0, 0.1) is 18.3 Å². The second kappa shape index (κ2) is 6.14. The van der Waals surface area contributed by atoms with Gasteiger partial charge in [-0.1, -0.05) is 0 Å². The fraction of sp³-hybridized carbons (Fsp3) is 0.300. The van der Waals surface area contributed by atoms with Gasteiger partial charge < -0.3 is 14.0 Å². The molecule has 0 bridgehead atoms. The summed E-state index contributed by atoms with van der Waals surface area (Å²) in [5.74, 6) is 0.601. The molecule has 0 spiro atoms. The van der Waals surface area contributed by atoms with Crippen LogP contribution in [0.4, 0.5) is 5.69 Å². The predicted molar refractivity (Wildman–Crippen MR) is 98.1 cm³/mol. The van der Waals surface area contributed by atoms with E-state index in [0.717, 1.165) is 35.6 Å². The van der Waals surface area contributed by atoms with Gasteiger partial charge >= 0.3 is 0 Å². The van der Waals surface area contributed by atoms with E-state index >= 15 is 0 Å². The highest BCUT2D eigenvalue weighted by atomic mass is 16.5. The van der Waals surface area contributed by atoms with Crippen molar-refractivity contribution in [3.05, 3.63) is 47.8 Å². The van der Waals surface area contributed by atoms with Crippen LogP contribution in [0.1, 0.15) is 24.0 Å². The Morgan fingerprint density at radius 1 is 1.20 bits per heavy atom. The van der Waals surface area contributed by atoms with Crippen molar-refractivity contribution in [1.29, 1.82) is 5.26 Å². The van der Waals surface area contributed by atoms with Gasteiger partial charge in [0.2, 0.25) is 0 Å². The molecule has 1 fully saturated rings. The Balaban J connectivity index is 1.78. The molecule has 25 heavy (non-hydrogen) atoms. The van der Waals surface area contributed by atoms with Gasteiger partial charge in [0.05, 0.1) is 18.4 Å². The molecule has 0 N–H and O–H groups in total. The molecule has 5 heteroatoms. The lowest BCUT2D eigenvalue weighted by atomic mass is 10.0. The SMILES string of the molecule is COc1cc(C)c(-c2cn3ccc(N4CCCC4)cc3n2)cc1C#N. The van der Waals surface area contributed by atoms with Crippen molar-refractivity contribution in [3.63, 3.8) is 0 Å². The van der Waals surface area contributed by atoms with E-state index in [4.69, 9.17) is 9.72 Å². The minimum absolute atomic E-state index is 0.526. The molecule has 1 aromatic carbocycles. The Hall–Kier alpha value is -3.00. The summed E-state index contributed by atoms with van der Waals surface area (Å²) in [4.78, 5) is 7.20. The highest BCUT2D eigenvalue weighted by molar-refractivity contribution is 5.71. The van der Waals surface area contributed by atoms with Gasteiger partial charge in [0.25, 0.3) is 0 Å². The van der Waals surface area contributed by atoms with E-state index in [0.29, 0.717) is 11.3 Å². The summed E-state index contributed by atoms with van der Waals surface area (Å²) in [6.45, 7) is 4.25. The molecule has 0 unspecified atom stereocenters. The molecule has 0 aliphatic carbocycles. The summed E-state index contributed by atoms with van der Waals surface area (Å²) < 4.78 is 7.32. The van der Waals surface area contributed by atoms with Crippen LogP contribution in [-0.4, -0.2) is 29.6 Å². The second-order valence-electron chi connectivity index (χ2n) is 6.45. The third-order valence-corrected chi connectivity index (χ3v) is 4.86. The van der Waals surface area contributed by atoms with Crippen LogP contribution in [0.5, 0.6) is 5.75 Å². The number of pyridine rings is 1. The zero-order valence-electron chi connectivity index (χ0n) is 14.5. The number of aryl methyl sites for hydroxylation is 1. The standard InChI is InChI=1S/C20H20N4O/c1-14-9-19(25-2)15(12-21)10-17(14)18-13-24-8-5-16(11-20(24)22-18)23-6-3-4-7-23/h5,8-11,13H,3-4,6-7H2,1-2H3. The molecule has 2 aromatic heterocycles. The average Bonchev–Trinajstić information content (AvgIpc) is 3.30. The average molecular weight is 332 g/mol. The van der Waals surface area contributed by atoms with E-state index in [2.05, 4.69) is 29.3 Å². The maximum atomic E-state index is 9.35. The first kappa shape index (κ1) is 15.5. The summed E-state index contributed by atoms with van der Waals surface area (Å²) in [7, 11) is 1.58. The minimum Gasteiger partial charge on any atom is -0.495 e. The Bertz CT molecular complexity index is 977. The monoisotopic (exact) mass is 332 g/mol. The van der Waals surface area contributed by atoms with Crippen LogP contribution in [-0.2, 0) is 0 Å². The van der Waals surface area contributed by atoms with Crippen molar-refractivity contribution in [1.82, 2.24) is 9.38 Å². The maximum Gasteiger partial charge on any atom is 0.139 e. The van der Waals surface area contributed by atoms with Crippen molar-refractivity contribution < 1.29 is 4.74 Å². The van der Waals surface area contributed by atoms with E-state index in [9.17, 15) is 5.26 Å². The molecule has 4 rings (SSSR count). The normalized spacial score (nSPS) is 14.0. The van der Waals surface area contributed by atoms with Gasteiger partial charge in [0.1, 0.15) is 17.5 Å². The first-order chi connectivity index (χ1) is 12.2. The quantitative estimate of drug-likeness (QED) is 0.732. The molecular formula is C20H20N4O. The van der Waals surface area contributed by atoms with Gasteiger partial charge in [-0.3, -0.25) is 0 Å². The minimum atomic E-state index is 0.526. The number of nitriles is 1. The van der Waals surface area contributed by atoms with Gasteiger partial charge in [-0.15, -0.1) is 0 Å². The van der Waals surface area contributed by atoms with Crippen LogP contribution in [0.3, 0.4) is 0 Å². The van der Waals surface area contributed by atoms with Gasteiger partial charge in [-0.2, -0.15) is 5.26 Å². The molecule has 5 nitrogen and oxygen atoms in total. The van der Waals surface area contributed by atoms with Gasteiger partial charge in [0.15, 0.2) is 0 Å². The fourth-order valence-electron chi connectivity index (χ4n) is 3.49. The van der Waals surface area contributed by atoms with Crippen molar-refractivity contribution in [2.75, 3.05) is 25.1 Å². The Labute approximate surface area is 147 Å². The van der Waals surface area contributed by atoms with Crippen molar-refractivity contribution >= 4 is 11.3 Å². The first-order valence-corrected chi connectivity index (χ1v) is 8.52. The van der Waals surface area contributed by atoms with Gasteiger partial charge in [0, 0.05) is 42.8 Å². The Kier molecular flexibility index (Phi) is 3.81. The molecule has 0 radical (unpaired) electrons. The van der Waals surface area contributed by atoms with Crippen LogP contribution < -0.4 is 9.64 Å². The number of hydrogen-bond acceptors (Lipinski definition) is 4. The molecule has 3 aromatic rings. The van der Waals surface area contributed by atoms with Crippen LogP contribution in [0.15, 0.2) is 36.7 Å². The highest BCUT2D eigenvalue weighted by Gasteiger charge is 2.15. The Morgan fingerprint density at radius 2 is 2.00 bits per heavy atom. The van der Waals surface area contributed by atoms with Crippen molar-refractivity contribution in [2.45, 2.75) is 19.8 Å². The molecule has 1 saturated heterocycles. The molecular weight excluding hydrogens is 312 g/mol. The highest BCUT2D eigenvalue weighted by Crippen LogP contribution is 2.30. The summed E-state index contributed by atoms with van der Waals surface area (Å²) >= 11 is 0. The third kappa shape index (κ3) is 2.70. The molecule has 126 valence electrons. The van der Waals surface area contributed by atoms with Crippen LogP contribution in [0.2, 0.25) is 0 Å². The summed E-state index contributed by atoms with van der Waals surface area (Å²) in [5.41, 5.74) is 5.55. The third-order valence-electron chi connectivity index (χ3n) is 4.86. The molecule has 0 saturated carbocycles. The molecule has 0 amide bonds. The van der Waals surface area contributed by atoms with E-state index in [1.807, 2.05) is 29.7 Å². The largest absolute Gasteiger partial charge is 0.495 e. The number of aromatic nitrogens is 2. The summed E-state index contributed by atoms with van der Waals surface area (Å²) in [6.07, 6.45) is 6.59. The summed E-state index contributed by atoms with van der Waals surface area (Å²) in [6, 6.07) is 10.2. The zero-order valence-corrected chi connectivity index (χ0v) is 14.5. The number of rotatable bonds is 3. The second-order valence-corrected chi connectivity index (χ2v) is 6.45. The number of fused-ring (bicyclic) bond motifs is 1. The predicted octanol–water partition coefficient (Wildman–Crippen LogP) is 3.79. The smallest absolute Gasteiger partial charge is 0.139 e. The van der Waals surface area contributed by atoms with Crippen LogP contribution in [0.25, 0.3) is 16.9 Å². The lowest BCUT2D eigenvalue weighted by Crippen LogP contribution is -2.17. The number of nitrogens with zero attached hydrogens (tertiary/aromatic N) is 4. The van der Waals surface area contributed by atoms with Gasteiger partial charge in [-0.05, 0) is 43.5 Å². The number of methoxy groups -OCH3 is 1. The lowest BCUT2D eigenvalue weighted by Gasteiger charge is -2.17. The molecule has 1 aliphatic heterocycles. The molecule has 3 heterocycles. The topological polar surface area (TPSA) is 53.6 Å². The fourth-order valence-corrected chi connectivity index (χ4v) is 3.49. The Morgan fingerprint density at radius 3 is 2.72 bits per heavy atom. The number of benzene rings is 1. The summed E-state index contributed by atoms with van der Waals surface area (Å²) in [5, 5.41) is 9.35. The first-order valence-electron chi connectivity index (χ1n) is 8.52. The van der Waals surface area contributed by atoms with E-state index in [1.54, 1.807) is 7.11 Å².